The van der Waals surface area contributed by atoms with Crippen LogP contribution in [-0.4, -0.2) is 33.0 Å². The number of hydrogen-bond donors (Lipinski definition) is 0. The summed E-state index contributed by atoms with van der Waals surface area (Å²) in [6, 6.07) is 10.9. The number of aryl methyl sites for hydroxylation is 1. The summed E-state index contributed by atoms with van der Waals surface area (Å²) in [4.78, 5) is 14.8. The number of aromatic nitrogens is 2. The molecule has 4 heteroatoms. The number of para-hydroxylation sites is 1. The van der Waals surface area contributed by atoms with Gasteiger partial charge in [0, 0.05) is 31.6 Å². The quantitative estimate of drug-likeness (QED) is 0.705. The number of likely N-dealkylation sites (tertiary alicyclic amines) is 1. The molecule has 1 aliphatic rings. The van der Waals surface area contributed by atoms with E-state index in [-0.39, 0.29) is 5.91 Å². The van der Waals surface area contributed by atoms with Crippen LogP contribution in [0.1, 0.15) is 43.2 Å². The molecule has 1 aliphatic heterocycles. The van der Waals surface area contributed by atoms with Crippen LogP contribution < -0.4 is 0 Å². The van der Waals surface area contributed by atoms with Gasteiger partial charge in [0.25, 0.3) is 5.91 Å². The molecule has 1 saturated heterocycles. The normalized spacial score (nSPS) is 15.4. The van der Waals surface area contributed by atoms with Gasteiger partial charge in [-0.3, -0.25) is 4.79 Å². The van der Waals surface area contributed by atoms with Gasteiger partial charge in [-0.1, -0.05) is 18.2 Å². The molecule has 0 saturated carbocycles. The minimum atomic E-state index is 0.167. The van der Waals surface area contributed by atoms with Crippen LogP contribution in [-0.2, 0) is 7.05 Å². The highest BCUT2D eigenvalue weighted by atomic mass is 16.2. The molecule has 23 heavy (non-hydrogen) atoms. The topological polar surface area (TPSA) is 30.2 Å². The number of benzene rings is 1. The minimum absolute atomic E-state index is 0.167. The lowest BCUT2D eigenvalue weighted by molar-refractivity contribution is 0.0784. The van der Waals surface area contributed by atoms with Gasteiger partial charge in [0.15, 0.2) is 0 Å². The summed E-state index contributed by atoms with van der Waals surface area (Å²) in [5.41, 5.74) is 4.36. The highest BCUT2D eigenvalue weighted by Crippen LogP contribution is 2.34. The molecule has 120 valence electrons. The zero-order chi connectivity index (χ0) is 16.1. The molecule has 1 fully saturated rings. The molecule has 2 aromatic heterocycles. The first kappa shape index (κ1) is 14.4. The smallest absolute Gasteiger partial charge is 0.270 e. The van der Waals surface area contributed by atoms with Crippen molar-refractivity contribution in [1.29, 1.82) is 0 Å². The van der Waals surface area contributed by atoms with E-state index in [0.717, 1.165) is 42.7 Å². The first-order valence-electron chi connectivity index (χ1n) is 8.47. The lowest BCUT2D eigenvalue weighted by Gasteiger charge is -2.15. The maximum Gasteiger partial charge on any atom is 0.270 e. The summed E-state index contributed by atoms with van der Waals surface area (Å²) in [7, 11) is 2.02. The van der Waals surface area contributed by atoms with Crippen molar-refractivity contribution in [3.05, 3.63) is 36.0 Å². The Morgan fingerprint density at radius 1 is 1.09 bits per heavy atom. The molecular weight excluding hydrogens is 286 g/mol. The Morgan fingerprint density at radius 2 is 1.78 bits per heavy atom. The molecule has 0 atom stereocenters. The number of nitrogens with zero attached hydrogens (tertiary/aromatic N) is 3. The van der Waals surface area contributed by atoms with Crippen LogP contribution >= 0.6 is 0 Å². The highest BCUT2D eigenvalue weighted by Gasteiger charge is 2.25. The molecule has 0 unspecified atom stereocenters. The van der Waals surface area contributed by atoms with Gasteiger partial charge in [0.1, 0.15) is 5.69 Å². The summed E-state index contributed by atoms with van der Waals surface area (Å²) < 4.78 is 4.42. The van der Waals surface area contributed by atoms with Crippen molar-refractivity contribution in [2.24, 2.45) is 7.05 Å². The lowest BCUT2D eigenvalue weighted by atomic mass is 10.2. The van der Waals surface area contributed by atoms with Gasteiger partial charge in [-0.2, -0.15) is 0 Å². The zero-order valence-corrected chi connectivity index (χ0v) is 14.0. The van der Waals surface area contributed by atoms with E-state index < -0.39 is 0 Å². The Bertz CT molecular complexity index is 894. The van der Waals surface area contributed by atoms with Crippen molar-refractivity contribution in [3.8, 4) is 0 Å². The third-order valence-corrected chi connectivity index (χ3v) is 5.02. The zero-order valence-electron chi connectivity index (χ0n) is 14.0. The fourth-order valence-corrected chi connectivity index (χ4v) is 3.95. The largest absolute Gasteiger partial charge is 0.338 e. The van der Waals surface area contributed by atoms with E-state index in [1.807, 2.05) is 11.9 Å². The standard InChI is InChI=1S/C19H23N3O/c1-13(2)22-15-9-5-4-8-14(15)18-16(22)12-17(20(18)3)19(23)21-10-6-7-11-21/h4-5,8-9,12-13H,6-7,10-11H2,1-3H3. The minimum Gasteiger partial charge on any atom is -0.338 e. The van der Waals surface area contributed by atoms with Crippen LogP contribution in [0.25, 0.3) is 21.9 Å². The second-order valence-electron chi connectivity index (χ2n) is 6.80. The van der Waals surface area contributed by atoms with Crippen molar-refractivity contribution >= 4 is 27.8 Å². The van der Waals surface area contributed by atoms with E-state index in [4.69, 9.17) is 0 Å². The Morgan fingerprint density at radius 3 is 2.48 bits per heavy atom. The monoisotopic (exact) mass is 309 g/mol. The van der Waals surface area contributed by atoms with E-state index in [1.165, 1.54) is 10.9 Å². The predicted octanol–water partition coefficient (Wildman–Crippen LogP) is 3.95. The summed E-state index contributed by atoms with van der Waals surface area (Å²) in [6.45, 7) is 6.17. The molecule has 0 N–H and O–H groups in total. The Kier molecular flexibility index (Phi) is 3.22. The van der Waals surface area contributed by atoms with Crippen LogP contribution in [0.2, 0.25) is 0 Å². The number of fused-ring (bicyclic) bond motifs is 3. The van der Waals surface area contributed by atoms with Crippen LogP contribution in [0.3, 0.4) is 0 Å². The Labute approximate surface area is 136 Å². The van der Waals surface area contributed by atoms with Gasteiger partial charge in [0.2, 0.25) is 0 Å². The number of carbonyl (C=O) groups excluding carboxylic acids is 1. The summed E-state index contributed by atoms with van der Waals surface area (Å²) in [5, 5.41) is 1.22. The summed E-state index contributed by atoms with van der Waals surface area (Å²) in [6.07, 6.45) is 2.24. The van der Waals surface area contributed by atoms with Crippen molar-refractivity contribution in [2.45, 2.75) is 32.7 Å². The first-order valence-corrected chi connectivity index (χ1v) is 8.47. The fourth-order valence-electron chi connectivity index (χ4n) is 3.95. The summed E-state index contributed by atoms with van der Waals surface area (Å²) >= 11 is 0. The molecule has 0 spiro atoms. The van der Waals surface area contributed by atoms with Gasteiger partial charge < -0.3 is 14.0 Å². The molecule has 0 aliphatic carbocycles. The third-order valence-electron chi connectivity index (χ3n) is 5.02. The molecule has 1 amide bonds. The van der Waals surface area contributed by atoms with Crippen molar-refractivity contribution in [3.63, 3.8) is 0 Å². The molecule has 3 heterocycles. The maximum atomic E-state index is 12.8. The lowest BCUT2D eigenvalue weighted by Crippen LogP contribution is -2.29. The van der Waals surface area contributed by atoms with Crippen molar-refractivity contribution < 1.29 is 4.79 Å². The second-order valence-corrected chi connectivity index (χ2v) is 6.80. The maximum absolute atomic E-state index is 12.8. The van der Waals surface area contributed by atoms with E-state index in [9.17, 15) is 4.79 Å². The number of amides is 1. The van der Waals surface area contributed by atoms with Gasteiger partial charge >= 0.3 is 0 Å². The molecule has 0 radical (unpaired) electrons. The molecule has 1 aromatic carbocycles. The second kappa shape index (κ2) is 5.15. The van der Waals surface area contributed by atoms with Gasteiger partial charge in [0.05, 0.1) is 16.6 Å². The number of hydrogen-bond acceptors (Lipinski definition) is 1. The average Bonchev–Trinajstić information content (AvgIpc) is 3.22. The van der Waals surface area contributed by atoms with E-state index in [0.29, 0.717) is 6.04 Å². The van der Waals surface area contributed by atoms with E-state index in [1.54, 1.807) is 0 Å². The van der Waals surface area contributed by atoms with Crippen molar-refractivity contribution in [1.82, 2.24) is 14.0 Å². The number of carbonyl (C=O) groups is 1. The van der Waals surface area contributed by atoms with Crippen LogP contribution in [0.4, 0.5) is 0 Å². The molecule has 4 nitrogen and oxygen atoms in total. The van der Waals surface area contributed by atoms with Gasteiger partial charge in [-0.25, -0.2) is 0 Å². The SMILES string of the molecule is CC(C)n1c2ccccc2c2c1cc(C(=O)N1CCCC1)n2C. The van der Waals surface area contributed by atoms with E-state index in [2.05, 4.69) is 53.3 Å². The average molecular weight is 309 g/mol. The first-order chi connectivity index (χ1) is 11.1. The fraction of sp³-hybridized carbons (Fsp3) is 0.421. The van der Waals surface area contributed by atoms with E-state index >= 15 is 0 Å². The van der Waals surface area contributed by atoms with Crippen LogP contribution in [0.5, 0.6) is 0 Å². The third kappa shape index (κ3) is 2.01. The molecule has 4 rings (SSSR count). The van der Waals surface area contributed by atoms with Crippen molar-refractivity contribution in [2.75, 3.05) is 13.1 Å². The molecule has 3 aromatic rings. The Balaban J connectivity index is 1.97. The predicted molar refractivity (Wildman–Crippen MR) is 93.9 cm³/mol. The van der Waals surface area contributed by atoms with Gasteiger partial charge in [-0.15, -0.1) is 0 Å². The molecular formula is C19H23N3O. The highest BCUT2D eigenvalue weighted by molar-refractivity contribution is 6.10. The van der Waals surface area contributed by atoms with Gasteiger partial charge in [-0.05, 0) is 38.8 Å². The summed E-state index contributed by atoms with van der Waals surface area (Å²) in [5.74, 6) is 0.167. The molecule has 0 bridgehead atoms. The van der Waals surface area contributed by atoms with Crippen LogP contribution in [0.15, 0.2) is 30.3 Å². The number of rotatable bonds is 2. The Hall–Kier alpha value is -2.23. The van der Waals surface area contributed by atoms with Crippen LogP contribution in [0, 0.1) is 0 Å².